The predicted octanol–water partition coefficient (Wildman–Crippen LogP) is 4.55. The first-order chi connectivity index (χ1) is 14.9. The van der Waals surface area contributed by atoms with Crippen LogP contribution >= 0.6 is 0 Å². The van der Waals surface area contributed by atoms with E-state index >= 15 is 0 Å². The molecule has 1 atom stereocenters. The fourth-order valence-electron chi connectivity index (χ4n) is 3.45. The van der Waals surface area contributed by atoms with Gasteiger partial charge < -0.3 is 19.3 Å². The molecule has 0 aliphatic rings. The summed E-state index contributed by atoms with van der Waals surface area (Å²) < 4.78 is 16.3. The normalized spacial score (nSPS) is 12.2. The van der Waals surface area contributed by atoms with Gasteiger partial charge in [-0.3, -0.25) is 4.79 Å². The molecule has 3 aromatic rings. The molecular weight excluding hydrogens is 392 g/mol. The summed E-state index contributed by atoms with van der Waals surface area (Å²) in [7, 11) is 3.20. The molecule has 161 valence electrons. The van der Waals surface area contributed by atoms with Crippen molar-refractivity contribution < 1.29 is 24.1 Å². The number of carbonyl (C=O) groups excluding carboxylic acids is 1. The van der Waals surface area contributed by atoms with Crippen LogP contribution in [0.3, 0.4) is 0 Å². The summed E-state index contributed by atoms with van der Waals surface area (Å²) in [6.45, 7) is 5.24. The van der Waals surface area contributed by atoms with Crippen LogP contribution in [0.5, 0.6) is 17.2 Å². The maximum Gasteiger partial charge on any atom is 0.170 e. The highest BCUT2D eigenvalue weighted by atomic mass is 16.5. The summed E-state index contributed by atoms with van der Waals surface area (Å²) in [6.07, 6.45) is -0.244. The van der Waals surface area contributed by atoms with Crippen molar-refractivity contribution in [3.05, 3.63) is 96.4 Å². The smallest absolute Gasteiger partial charge is 0.170 e. The average molecular weight is 419 g/mol. The Morgan fingerprint density at radius 1 is 0.806 bits per heavy atom. The van der Waals surface area contributed by atoms with Crippen LogP contribution in [0.4, 0.5) is 0 Å². The van der Waals surface area contributed by atoms with E-state index in [1.165, 1.54) is 6.92 Å². The highest BCUT2D eigenvalue weighted by molar-refractivity contribution is 5.80. The minimum atomic E-state index is -1.41. The van der Waals surface area contributed by atoms with Crippen molar-refractivity contribution in [2.75, 3.05) is 14.2 Å². The van der Waals surface area contributed by atoms with Gasteiger partial charge in [0.1, 0.15) is 22.8 Å². The monoisotopic (exact) mass is 419 g/mol. The second-order valence-corrected chi connectivity index (χ2v) is 7.20. The van der Waals surface area contributed by atoms with E-state index < -0.39 is 11.7 Å². The van der Waals surface area contributed by atoms with E-state index in [2.05, 4.69) is 6.92 Å². The van der Waals surface area contributed by atoms with Crippen LogP contribution in [-0.2, 0) is 10.4 Å². The number of carbonyl (C=O) groups is 1. The molecule has 0 spiro atoms. The van der Waals surface area contributed by atoms with Crippen LogP contribution in [0, 0.1) is 6.92 Å². The molecule has 0 fully saturated rings. The first-order valence-electron chi connectivity index (χ1n) is 10.0. The Balaban J connectivity index is 2.04. The summed E-state index contributed by atoms with van der Waals surface area (Å²) >= 11 is 0. The standard InChI is InChI=1S/C26H27O5/c1-5-25(18(2)27)31-24-16-10-21(11-17-24)26(28,19-6-12-22(29-3)13-7-19)20-8-14-23(30-4)15-9-20/h6-17,25,28H,1,5H2,2-4H3. The Labute approximate surface area is 183 Å². The van der Waals surface area contributed by atoms with Gasteiger partial charge in [0.25, 0.3) is 0 Å². The number of benzene rings is 3. The molecule has 0 aliphatic carbocycles. The van der Waals surface area contributed by atoms with E-state index in [1.807, 2.05) is 48.5 Å². The van der Waals surface area contributed by atoms with E-state index in [1.54, 1.807) is 38.5 Å². The van der Waals surface area contributed by atoms with Crippen molar-refractivity contribution in [2.24, 2.45) is 0 Å². The Kier molecular flexibility index (Phi) is 6.98. The molecule has 3 rings (SSSR count). The topological polar surface area (TPSA) is 65.0 Å². The van der Waals surface area contributed by atoms with Crippen molar-refractivity contribution in [3.8, 4) is 17.2 Å². The average Bonchev–Trinajstić information content (AvgIpc) is 2.82. The fourth-order valence-corrected chi connectivity index (χ4v) is 3.45. The van der Waals surface area contributed by atoms with Crippen molar-refractivity contribution >= 4 is 5.78 Å². The summed E-state index contributed by atoms with van der Waals surface area (Å²) in [5.74, 6) is 1.87. The van der Waals surface area contributed by atoms with Crippen LogP contribution < -0.4 is 14.2 Å². The molecule has 31 heavy (non-hydrogen) atoms. The van der Waals surface area contributed by atoms with Gasteiger partial charge in [-0.05, 0) is 73.4 Å². The quantitative estimate of drug-likeness (QED) is 0.516. The molecule has 0 amide bonds. The highest BCUT2D eigenvalue weighted by Crippen LogP contribution is 2.38. The van der Waals surface area contributed by atoms with Gasteiger partial charge in [-0.25, -0.2) is 0 Å². The Morgan fingerprint density at radius 2 is 1.16 bits per heavy atom. The molecule has 1 N–H and O–H groups in total. The maximum atomic E-state index is 12.0. The minimum absolute atomic E-state index is 0.0768. The predicted molar refractivity (Wildman–Crippen MR) is 120 cm³/mol. The highest BCUT2D eigenvalue weighted by Gasteiger charge is 2.34. The zero-order chi connectivity index (χ0) is 22.4. The Hall–Kier alpha value is -3.31. The first-order valence-corrected chi connectivity index (χ1v) is 10.0. The molecule has 0 saturated carbocycles. The molecule has 5 heteroatoms. The third-order valence-electron chi connectivity index (χ3n) is 5.28. The van der Waals surface area contributed by atoms with Crippen LogP contribution in [0.1, 0.15) is 30.0 Å². The zero-order valence-corrected chi connectivity index (χ0v) is 18.0. The van der Waals surface area contributed by atoms with Gasteiger partial charge in [0.05, 0.1) is 14.2 Å². The Bertz CT molecular complexity index is 944. The molecule has 0 aliphatic heterocycles. The van der Waals surface area contributed by atoms with Gasteiger partial charge >= 0.3 is 0 Å². The molecule has 0 saturated heterocycles. The van der Waals surface area contributed by atoms with Crippen molar-refractivity contribution in [2.45, 2.75) is 25.0 Å². The minimum Gasteiger partial charge on any atom is -0.497 e. The number of Topliss-reactive ketones (excluding diaryl/α,β-unsaturated/α-hetero) is 1. The number of ether oxygens (including phenoxy) is 3. The van der Waals surface area contributed by atoms with Gasteiger partial charge in [-0.1, -0.05) is 36.4 Å². The molecule has 3 aromatic carbocycles. The third-order valence-corrected chi connectivity index (χ3v) is 5.28. The molecule has 0 bridgehead atoms. The number of rotatable bonds is 9. The number of methoxy groups -OCH3 is 2. The molecular formula is C26H27O5. The van der Waals surface area contributed by atoms with Crippen LogP contribution in [0.25, 0.3) is 0 Å². The van der Waals surface area contributed by atoms with Gasteiger partial charge in [-0.15, -0.1) is 0 Å². The van der Waals surface area contributed by atoms with Crippen LogP contribution in [0.15, 0.2) is 72.8 Å². The SMILES string of the molecule is [CH2]CC(Oc1ccc(C(O)(c2ccc(OC)cc2)c2ccc(OC)cc2)cc1)C(C)=O. The lowest BCUT2D eigenvalue weighted by Gasteiger charge is -2.30. The molecule has 0 heterocycles. The lowest BCUT2D eigenvalue weighted by Crippen LogP contribution is -2.29. The fraction of sp³-hybridized carbons (Fsp3) is 0.231. The van der Waals surface area contributed by atoms with Crippen molar-refractivity contribution in [1.29, 1.82) is 0 Å². The van der Waals surface area contributed by atoms with E-state index in [0.29, 0.717) is 40.4 Å². The molecule has 1 unspecified atom stereocenters. The largest absolute Gasteiger partial charge is 0.497 e. The summed E-state index contributed by atoms with van der Waals surface area (Å²) in [4.78, 5) is 11.7. The number of ketones is 1. The second-order valence-electron chi connectivity index (χ2n) is 7.20. The van der Waals surface area contributed by atoms with E-state index in [0.717, 1.165) is 0 Å². The summed E-state index contributed by atoms with van der Waals surface area (Å²) in [5.41, 5.74) is 0.616. The molecule has 0 aromatic heterocycles. The lowest BCUT2D eigenvalue weighted by atomic mass is 9.80. The van der Waals surface area contributed by atoms with Gasteiger partial charge in [0.2, 0.25) is 0 Å². The number of aliphatic hydroxyl groups is 1. The summed E-state index contributed by atoms with van der Waals surface area (Å²) in [6, 6.07) is 21.7. The van der Waals surface area contributed by atoms with E-state index in [4.69, 9.17) is 14.2 Å². The Morgan fingerprint density at radius 3 is 1.45 bits per heavy atom. The summed E-state index contributed by atoms with van der Waals surface area (Å²) in [5, 5.41) is 12.0. The maximum absolute atomic E-state index is 12.0. The number of hydrogen-bond donors (Lipinski definition) is 1. The first kappa shape index (κ1) is 22.4. The van der Waals surface area contributed by atoms with Gasteiger partial charge in [0, 0.05) is 0 Å². The van der Waals surface area contributed by atoms with E-state index in [9.17, 15) is 9.90 Å². The van der Waals surface area contributed by atoms with Crippen molar-refractivity contribution in [1.82, 2.24) is 0 Å². The van der Waals surface area contributed by atoms with Crippen LogP contribution in [0.2, 0.25) is 0 Å². The van der Waals surface area contributed by atoms with Crippen LogP contribution in [-0.4, -0.2) is 31.2 Å². The van der Waals surface area contributed by atoms with E-state index in [-0.39, 0.29) is 5.78 Å². The zero-order valence-electron chi connectivity index (χ0n) is 18.0. The molecule has 1 radical (unpaired) electrons. The second kappa shape index (κ2) is 9.67. The molecule has 5 nitrogen and oxygen atoms in total. The van der Waals surface area contributed by atoms with Crippen molar-refractivity contribution in [3.63, 3.8) is 0 Å². The third kappa shape index (κ3) is 4.72. The van der Waals surface area contributed by atoms with Gasteiger partial charge in [-0.2, -0.15) is 0 Å². The lowest BCUT2D eigenvalue weighted by molar-refractivity contribution is -0.123. The number of hydrogen-bond acceptors (Lipinski definition) is 5. The van der Waals surface area contributed by atoms with Gasteiger partial charge in [0.15, 0.2) is 11.9 Å².